The van der Waals surface area contributed by atoms with E-state index in [2.05, 4.69) is 18.3 Å². The number of benzene rings is 1. The van der Waals surface area contributed by atoms with Crippen LogP contribution in [0.4, 0.5) is 0 Å². The number of nitriles is 1. The summed E-state index contributed by atoms with van der Waals surface area (Å²) >= 11 is 1.96. The van der Waals surface area contributed by atoms with Crippen molar-refractivity contribution in [1.29, 1.82) is 5.26 Å². The van der Waals surface area contributed by atoms with Gasteiger partial charge >= 0.3 is 0 Å². The summed E-state index contributed by atoms with van der Waals surface area (Å²) in [5.41, 5.74) is 1.10. The SMILES string of the molecule is CCSCCCNCC(C#N)c1ccccc1. The zero-order valence-corrected chi connectivity index (χ0v) is 11.2. The van der Waals surface area contributed by atoms with Gasteiger partial charge in [0.25, 0.3) is 0 Å². The van der Waals surface area contributed by atoms with Gasteiger partial charge < -0.3 is 5.32 Å². The van der Waals surface area contributed by atoms with E-state index in [1.807, 2.05) is 42.1 Å². The maximum atomic E-state index is 9.13. The van der Waals surface area contributed by atoms with Crippen molar-refractivity contribution in [2.45, 2.75) is 19.3 Å². The van der Waals surface area contributed by atoms with Gasteiger partial charge in [0.15, 0.2) is 0 Å². The van der Waals surface area contributed by atoms with E-state index in [1.165, 1.54) is 17.9 Å². The molecule has 92 valence electrons. The van der Waals surface area contributed by atoms with Crippen LogP contribution in [0.3, 0.4) is 0 Å². The lowest BCUT2D eigenvalue weighted by atomic mass is 10.0. The van der Waals surface area contributed by atoms with Crippen LogP contribution in [0.25, 0.3) is 0 Å². The highest BCUT2D eigenvalue weighted by Crippen LogP contribution is 2.13. The molecule has 1 rings (SSSR count). The Hall–Kier alpha value is -0.980. The van der Waals surface area contributed by atoms with Crippen LogP contribution >= 0.6 is 11.8 Å². The average Bonchev–Trinajstić information content (AvgIpc) is 2.39. The Kier molecular flexibility index (Phi) is 7.53. The summed E-state index contributed by atoms with van der Waals surface area (Å²) in [5.74, 6) is 2.35. The van der Waals surface area contributed by atoms with Crippen LogP contribution in [0.2, 0.25) is 0 Å². The molecule has 0 saturated carbocycles. The first kappa shape index (κ1) is 14.1. The van der Waals surface area contributed by atoms with Crippen LogP contribution in [0.5, 0.6) is 0 Å². The minimum atomic E-state index is -0.0324. The Morgan fingerprint density at radius 2 is 2.12 bits per heavy atom. The molecule has 0 bridgehead atoms. The van der Waals surface area contributed by atoms with Crippen LogP contribution in [0, 0.1) is 11.3 Å². The lowest BCUT2D eigenvalue weighted by molar-refractivity contribution is 0.644. The Bertz CT molecular complexity index is 332. The molecule has 1 aromatic rings. The normalized spacial score (nSPS) is 12.0. The standard InChI is InChI=1S/C14H20N2S/c1-2-17-10-6-9-16-12-14(11-15)13-7-4-3-5-8-13/h3-5,7-8,14,16H,2,6,9-10,12H2,1H3. The van der Waals surface area contributed by atoms with E-state index in [0.29, 0.717) is 0 Å². The number of hydrogen-bond acceptors (Lipinski definition) is 3. The van der Waals surface area contributed by atoms with Gasteiger partial charge in [-0.25, -0.2) is 0 Å². The molecular weight excluding hydrogens is 228 g/mol. The molecule has 0 amide bonds. The smallest absolute Gasteiger partial charge is 0.0837 e. The highest BCUT2D eigenvalue weighted by Gasteiger charge is 2.08. The summed E-state index contributed by atoms with van der Waals surface area (Å²) in [6.45, 7) is 3.93. The Morgan fingerprint density at radius 3 is 2.76 bits per heavy atom. The Morgan fingerprint density at radius 1 is 1.35 bits per heavy atom. The zero-order valence-electron chi connectivity index (χ0n) is 10.4. The van der Waals surface area contributed by atoms with Crippen molar-refractivity contribution in [2.75, 3.05) is 24.6 Å². The number of hydrogen-bond donors (Lipinski definition) is 1. The summed E-state index contributed by atoms with van der Waals surface area (Å²) < 4.78 is 0. The highest BCUT2D eigenvalue weighted by molar-refractivity contribution is 7.99. The van der Waals surface area contributed by atoms with Gasteiger partial charge in [0, 0.05) is 6.54 Å². The second-order valence-electron chi connectivity index (χ2n) is 3.85. The van der Waals surface area contributed by atoms with Crippen molar-refractivity contribution in [3.8, 4) is 6.07 Å². The van der Waals surface area contributed by atoms with Crippen LogP contribution in [-0.4, -0.2) is 24.6 Å². The van der Waals surface area contributed by atoms with E-state index in [1.54, 1.807) is 0 Å². The maximum Gasteiger partial charge on any atom is 0.0837 e. The molecule has 0 heterocycles. The molecule has 0 aliphatic heterocycles. The van der Waals surface area contributed by atoms with E-state index in [4.69, 9.17) is 5.26 Å². The third-order valence-electron chi connectivity index (χ3n) is 2.55. The minimum absolute atomic E-state index is 0.0324. The van der Waals surface area contributed by atoms with Crippen LogP contribution < -0.4 is 5.32 Å². The van der Waals surface area contributed by atoms with Gasteiger partial charge in [0.2, 0.25) is 0 Å². The highest BCUT2D eigenvalue weighted by atomic mass is 32.2. The molecule has 1 aromatic carbocycles. The van der Waals surface area contributed by atoms with Crippen molar-refractivity contribution in [2.24, 2.45) is 0 Å². The van der Waals surface area contributed by atoms with Crippen molar-refractivity contribution in [1.82, 2.24) is 5.32 Å². The van der Waals surface area contributed by atoms with Crippen molar-refractivity contribution in [3.63, 3.8) is 0 Å². The van der Waals surface area contributed by atoms with Crippen LogP contribution in [0.1, 0.15) is 24.8 Å². The molecular formula is C14H20N2S. The molecule has 0 radical (unpaired) electrons. The van der Waals surface area contributed by atoms with Crippen molar-refractivity contribution in [3.05, 3.63) is 35.9 Å². The molecule has 3 heteroatoms. The summed E-state index contributed by atoms with van der Waals surface area (Å²) in [6, 6.07) is 12.3. The average molecular weight is 248 g/mol. The third kappa shape index (κ3) is 5.76. The first-order valence-corrected chi connectivity index (χ1v) is 7.27. The monoisotopic (exact) mass is 248 g/mol. The van der Waals surface area contributed by atoms with Crippen molar-refractivity contribution < 1.29 is 0 Å². The van der Waals surface area contributed by atoms with E-state index in [9.17, 15) is 0 Å². The molecule has 17 heavy (non-hydrogen) atoms. The van der Waals surface area contributed by atoms with E-state index in [-0.39, 0.29) is 5.92 Å². The Balaban J connectivity index is 2.23. The second kappa shape index (κ2) is 9.09. The molecule has 1 unspecified atom stereocenters. The molecule has 0 aliphatic carbocycles. The molecule has 0 spiro atoms. The summed E-state index contributed by atoms with van der Waals surface area (Å²) in [7, 11) is 0. The lowest BCUT2D eigenvalue weighted by Gasteiger charge is -2.10. The fraction of sp³-hybridized carbons (Fsp3) is 0.500. The van der Waals surface area contributed by atoms with Crippen LogP contribution in [0.15, 0.2) is 30.3 Å². The Labute approximate surface area is 108 Å². The first-order chi connectivity index (χ1) is 8.38. The molecule has 0 fully saturated rings. The molecule has 0 aliphatic rings. The quantitative estimate of drug-likeness (QED) is 0.718. The van der Waals surface area contributed by atoms with Gasteiger partial charge in [-0.3, -0.25) is 0 Å². The predicted octanol–water partition coefficient (Wildman–Crippen LogP) is 3.03. The summed E-state index contributed by atoms with van der Waals surface area (Å²) in [5, 5.41) is 12.5. The number of nitrogens with zero attached hydrogens (tertiary/aromatic N) is 1. The largest absolute Gasteiger partial charge is 0.315 e. The topological polar surface area (TPSA) is 35.8 Å². The predicted molar refractivity (Wildman–Crippen MR) is 75.3 cm³/mol. The van der Waals surface area contributed by atoms with E-state index < -0.39 is 0 Å². The zero-order chi connectivity index (χ0) is 12.3. The molecule has 2 nitrogen and oxygen atoms in total. The summed E-state index contributed by atoms with van der Waals surface area (Å²) in [4.78, 5) is 0. The van der Waals surface area contributed by atoms with Crippen molar-refractivity contribution >= 4 is 11.8 Å². The van der Waals surface area contributed by atoms with Crippen LogP contribution in [-0.2, 0) is 0 Å². The summed E-state index contributed by atoms with van der Waals surface area (Å²) in [6.07, 6.45) is 1.17. The van der Waals surface area contributed by atoms with E-state index >= 15 is 0 Å². The number of nitrogens with one attached hydrogen (secondary N) is 1. The molecule has 1 N–H and O–H groups in total. The van der Waals surface area contributed by atoms with Gasteiger partial charge in [0.05, 0.1) is 12.0 Å². The molecule has 0 saturated heterocycles. The number of rotatable bonds is 8. The number of thioether (sulfide) groups is 1. The van der Waals surface area contributed by atoms with Gasteiger partial charge in [-0.05, 0) is 30.0 Å². The van der Waals surface area contributed by atoms with Gasteiger partial charge in [-0.15, -0.1) is 0 Å². The van der Waals surface area contributed by atoms with E-state index in [0.717, 1.165) is 18.7 Å². The molecule has 0 aromatic heterocycles. The fourth-order valence-corrected chi connectivity index (χ4v) is 2.25. The van der Waals surface area contributed by atoms with Gasteiger partial charge in [0.1, 0.15) is 0 Å². The minimum Gasteiger partial charge on any atom is -0.315 e. The fourth-order valence-electron chi connectivity index (χ4n) is 1.61. The first-order valence-electron chi connectivity index (χ1n) is 6.11. The second-order valence-corrected chi connectivity index (χ2v) is 5.24. The lowest BCUT2D eigenvalue weighted by Crippen LogP contribution is -2.22. The van der Waals surface area contributed by atoms with Gasteiger partial charge in [-0.1, -0.05) is 37.3 Å². The van der Waals surface area contributed by atoms with Gasteiger partial charge in [-0.2, -0.15) is 17.0 Å². The molecule has 1 atom stereocenters. The maximum absolute atomic E-state index is 9.13. The third-order valence-corrected chi connectivity index (χ3v) is 3.54.